The first-order valence-corrected chi connectivity index (χ1v) is 11.4. The number of nitrogens with one attached hydrogen (secondary N) is 2. The van der Waals surface area contributed by atoms with Gasteiger partial charge in [0.25, 0.3) is 0 Å². The van der Waals surface area contributed by atoms with Crippen LogP contribution >= 0.6 is 0 Å². The van der Waals surface area contributed by atoms with Crippen LogP contribution in [0.1, 0.15) is 36.8 Å². The third-order valence-corrected chi connectivity index (χ3v) is 6.17. The molecule has 0 heterocycles. The maximum Gasteiger partial charge on any atom is 0.223 e. The molecule has 0 saturated heterocycles. The Morgan fingerprint density at radius 3 is 1.35 bits per heavy atom. The van der Waals surface area contributed by atoms with E-state index in [-0.39, 0.29) is 23.7 Å². The standard InChI is InChI=1S/C26H34N2O6/c1-31-21-8-17(9-22(13-21)32-2)15-27-25(29)19-6-5-7-20(12-19)26(30)28-16-18-10-23(33-3)14-24(11-18)34-4/h8-11,13-14,19-20H,5-7,12,15-16H2,1-4H3,(H,27,29)(H,28,30). The average Bonchev–Trinajstić information content (AvgIpc) is 2.89. The quantitative estimate of drug-likeness (QED) is 0.552. The fourth-order valence-electron chi connectivity index (χ4n) is 4.27. The zero-order chi connectivity index (χ0) is 24.5. The van der Waals surface area contributed by atoms with Crippen molar-refractivity contribution in [2.24, 2.45) is 11.8 Å². The van der Waals surface area contributed by atoms with E-state index in [2.05, 4.69) is 10.6 Å². The van der Waals surface area contributed by atoms with Crippen LogP contribution in [0.5, 0.6) is 23.0 Å². The van der Waals surface area contributed by atoms with Gasteiger partial charge >= 0.3 is 0 Å². The number of hydrogen-bond acceptors (Lipinski definition) is 6. The lowest BCUT2D eigenvalue weighted by Gasteiger charge is -2.27. The fourth-order valence-corrected chi connectivity index (χ4v) is 4.27. The second-order valence-corrected chi connectivity index (χ2v) is 8.44. The van der Waals surface area contributed by atoms with Crippen LogP contribution in [0.15, 0.2) is 36.4 Å². The molecule has 0 aromatic heterocycles. The van der Waals surface area contributed by atoms with Gasteiger partial charge in [-0.05, 0) is 54.7 Å². The van der Waals surface area contributed by atoms with Gasteiger partial charge in [-0.3, -0.25) is 9.59 Å². The molecule has 2 unspecified atom stereocenters. The Morgan fingerprint density at radius 2 is 1.03 bits per heavy atom. The molecule has 2 atom stereocenters. The van der Waals surface area contributed by atoms with Crippen LogP contribution in [0.4, 0.5) is 0 Å². The van der Waals surface area contributed by atoms with Gasteiger partial charge in [0.1, 0.15) is 23.0 Å². The molecule has 2 aromatic carbocycles. The van der Waals surface area contributed by atoms with E-state index in [0.29, 0.717) is 42.5 Å². The highest BCUT2D eigenvalue weighted by atomic mass is 16.5. The molecule has 8 heteroatoms. The Bertz CT molecular complexity index is 871. The summed E-state index contributed by atoms with van der Waals surface area (Å²) in [5.41, 5.74) is 1.78. The Labute approximate surface area is 200 Å². The summed E-state index contributed by atoms with van der Waals surface area (Å²) in [6.07, 6.45) is 2.95. The molecule has 2 amide bonds. The molecule has 0 aliphatic heterocycles. The van der Waals surface area contributed by atoms with Crippen LogP contribution in [0.25, 0.3) is 0 Å². The number of methoxy groups -OCH3 is 4. The molecule has 0 bridgehead atoms. The molecule has 34 heavy (non-hydrogen) atoms. The third-order valence-electron chi connectivity index (χ3n) is 6.17. The normalized spacial score (nSPS) is 17.4. The molecule has 1 aliphatic rings. The maximum absolute atomic E-state index is 12.8. The first kappa shape index (κ1) is 25.2. The minimum Gasteiger partial charge on any atom is -0.497 e. The Balaban J connectivity index is 1.53. The number of amides is 2. The highest BCUT2D eigenvalue weighted by Crippen LogP contribution is 2.30. The second kappa shape index (κ2) is 12.2. The summed E-state index contributed by atoms with van der Waals surface area (Å²) in [4.78, 5) is 25.7. The second-order valence-electron chi connectivity index (χ2n) is 8.44. The first-order chi connectivity index (χ1) is 16.4. The summed E-state index contributed by atoms with van der Waals surface area (Å²) in [6.45, 7) is 0.745. The average molecular weight is 471 g/mol. The van der Waals surface area contributed by atoms with Gasteiger partial charge < -0.3 is 29.6 Å². The van der Waals surface area contributed by atoms with Crippen molar-refractivity contribution in [3.63, 3.8) is 0 Å². The summed E-state index contributed by atoms with van der Waals surface area (Å²) in [5.74, 6) is 2.26. The first-order valence-electron chi connectivity index (χ1n) is 11.4. The number of rotatable bonds is 10. The Kier molecular flexibility index (Phi) is 9.01. The van der Waals surface area contributed by atoms with Gasteiger partial charge in [-0.1, -0.05) is 6.42 Å². The number of carbonyl (C=O) groups excluding carboxylic acids is 2. The molecule has 184 valence electrons. The smallest absolute Gasteiger partial charge is 0.223 e. The summed E-state index contributed by atoms with van der Waals surface area (Å²) in [6, 6.07) is 11.1. The molecule has 0 spiro atoms. The fraction of sp³-hybridized carbons (Fsp3) is 0.462. The zero-order valence-electron chi connectivity index (χ0n) is 20.3. The largest absolute Gasteiger partial charge is 0.497 e. The van der Waals surface area contributed by atoms with Crippen molar-refractivity contribution in [1.29, 1.82) is 0 Å². The molecule has 2 aromatic rings. The van der Waals surface area contributed by atoms with E-state index in [9.17, 15) is 9.59 Å². The molecular weight excluding hydrogens is 436 g/mol. The molecule has 2 N–H and O–H groups in total. The van der Waals surface area contributed by atoms with E-state index in [1.54, 1.807) is 40.6 Å². The van der Waals surface area contributed by atoms with E-state index < -0.39 is 0 Å². The number of ether oxygens (including phenoxy) is 4. The number of hydrogen-bond donors (Lipinski definition) is 2. The minimum atomic E-state index is -0.186. The highest BCUT2D eigenvalue weighted by molar-refractivity contribution is 5.82. The molecule has 0 radical (unpaired) electrons. The van der Waals surface area contributed by atoms with Crippen LogP contribution < -0.4 is 29.6 Å². The summed E-state index contributed by atoms with van der Waals surface area (Å²) >= 11 is 0. The van der Waals surface area contributed by atoms with Crippen LogP contribution in [-0.4, -0.2) is 40.3 Å². The minimum absolute atomic E-state index is 0.0307. The molecule has 1 saturated carbocycles. The van der Waals surface area contributed by atoms with Crippen molar-refractivity contribution < 1.29 is 28.5 Å². The van der Waals surface area contributed by atoms with E-state index >= 15 is 0 Å². The van der Waals surface area contributed by atoms with Gasteiger partial charge in [-0.2, -0.15) is 0 Å². The van der Waals surface area contributed by atoms with Gasteiger partial charge in [0.2, 0.25) is 11.8 Å². The lowest BCUT2D eigenvalue weighted by molar-refractivity contribution is -0.130. The van der Waals surface area contributed by atoms with E-state index in [1.165, 1.54) is 0 Å². The number of carbonyl (C=O) groups is 2. The molecule has 1 aliphatic carbocycles. The number of benzene rings is 2. The summed E-state index contributed by atoms with van der Waals surface area (Å²) in [5, 5.41) is 6.01. The lowest BCUT2D eigenvalue weighted by Crippen LogP contribution is -2.38. The highest BCUT2D eigenvalue weighted by Gasteiger charge is 2.31. The maximum atomic E-state index is 12.8. The van der Waals surface area contributed by atoms with Gasteiger partial charge in [-0.15, -0.1) is 0 Å². The summed E-state index contributed by atoms with van der Waals surface area (Å²) < 4.78 is 21.2. The van der Waals surface area contributed by atoms with E-state index in [0.717, 1.165) is 30.4 Å². The molecule has 3 rings (SSSR count). The zero-order valence-corrected chi connectivity index (χ0v) is 20.3. The van der Waals surface area contributed by atoms with Crippen molar-refractivity contribution in [2.45, 2.75) is 38.8 Å². The predicted octanol–water partition coefficient (Wildman–Crippen LogP) is 3.46. The van der Waals surface area contributed by atoms with E-state index in [1.807, 2.05) is 24.3 Å². The van der Waals surface area contributed by atoms with Crippen LogP contribution in [-0.2, 0) is 22.7 Å². The van der Waals surface area contributed by atoms with E-state index in [4.69, 9.17) is 18.9 Å². The van der Waals surface area contributed by atoms with Crippen LogP contribution in [0.3, 0.4) is 0 Å². The lowest BCUT2D eigenvalue weighted by atomic mass is 9.80. The van der Waals surface area contributed by atoms with Crippen molar-refractivity contribution in [1.82, 2.24) is 10.6 Å². The third kappa shape index (κ3) is 6.79. The van der Waals surface area contributed by atoms with Crippen molar-refractivity contribution >= 4 is 11.8 Å². The SMILES string of the molecule is COc1cc(CNC(=O)C2CCCC(C(=O)NCc3cc(OC)cc(OC)c3)C2)cc(OC)c1. The van der Waals surface area contributed by atoms with Crippen LogP contribution in [0.2, 0.25) is 0 Å². The van der Waals surface area contributed by atoms with Crippen molar-refractivity contribution in [2.75, 3.05) is 28.4 Å². The molecule has 8 nitrogen and oxygen atoms in total. The summed E-state index contributed by atoms with van der Waals surface area (Å²) in [7, 11) is 6.37. The topological polar surface area (TPSA) is 95.1 Å². The van der Waals surface area contributed by atoms with Crippen LogP contribution in [0, 0.1) is 11.8 Å². The van der Waals surface area contributed by atoms with Gasteiger partial charge in [0.05, 0.1) is 28.4 Å². The Morgan fingerprint density at radius 1 is 0.676 bits per heavy atom. The molecule has 1 fully saturated rings. The van der Waals surface area contributed by atoms with Crippen molar-refractivity contribution in [3.8, 4) is 23.0 Å². The predicted molar refractivity (Wildman–Crippen MR) is 128 cm³/mol. The van der Waals surface area contributed by atoms with Gasteiger partial charge in [0, 0.05) is 37.1 Å². The molecular formula is C26H34N2O6. The van der Waals surface area contributed by atoms with Gasteiger partial charge in [-0.25, -0.2) is 0 Å². The Hall–Kier alpha value is -3.42. The van der Waals surface area contributed by atoms with Crippen molar-refractivity contribution in [3.05, 3.63) is 47.5 Å². The monoisotopic (exact) mass is 470 g/mol. The van der Waals surface area contributed by atoms with Gasteiger partial charge in [0.15, 0.2) is 0 Å².